The molecule has 6 heteroatoms. The fourth-order valence-electron chi connectivity index (χ4n) is 4.05. The Hall–Kier alpha value is -2.99. The smallest absolute Gasteiger partial charge is 0.257 e. The summed E-state index contributed by atoms with van der Waals surface area (Å²) < 4.78 is 16.0. The standard InChI is InChI=1S/C21H20FN3O2/c1-13-17(4-3-5-18(13)22)21(20(26)24-27)9-8-15(11-21)14-6-7-16-12-23-25(2)19(16)10-14/h3-7,10-12,27H,8-9H2,1-2H3,(H,24,26)/t21-/m0/s1. The van der Waals surface area contributed by atoms with Gasteiger partial charge >= 0.3 is 0 Å². The van der Waals surface area contributed by atoms with Crippen molar-refractivity contribution in [3.63, 3.8) is 0 Å². The lowest BCUT2D eigenvalue weighted by atomic mass is 9.77. The van der Waals surface area contributed by atoms with E-state index in [1.54, 1.807) is 29.2 Å². The van der Waals surface area contributed by atoms with Crippen LogP contribution in [0, 0.1) is 12.7 Å². The number of nitrogens with zero attached hydrogens (tertiary/aromatic N) is 2. The van der Waals surface area contributed by atoms with Gasteiger partial charge in [-0.2, -0.15) is 5.10 Å². The van der Waals surface area contributed by atoms with Crippen LogP contribution in [0.15, 0.2) is 48.7 Å². The monoisotopic (exact) mass is 365 g/mol. The van der Waals surface area contributed by atoms with Gasteiger partial charge in [-0.3, -0.25) is 14.7 Å². The molecule has 1 heterocycles. The molecule has 0 aliphatic heterocycles. The maximum Gasteiger partial charge on any atom is 0.257 e. The molecule has 1 amide bonds. The molecule has 3 aromatic rings. The Labute approximate surface area is 156 Å². The molecule has 0 radical (unpaired) electrons. The number of nitrogens with one attached hydrogen (secondary N) is 1. The number of amides is 1. The van der Waals surface area contributed by atoms with Gasteiger partial charge in [-0.15, -0.1) is 0 Å². The summed E-state index contributed by atoms with van der Waals surface area (Å²) in [6.07, 6.45) is 4.77. The number of benzene rings is 2. The molecular weight excluding hydrogens is 345 g/mol. The number of hydroxylamine groups is 1. The van der Waals surface area contributed by atoms with Crippen molar-refractivity contribution in [2.75, 3.05) is 0 Å². The van der Waals surface area contributed by atoms with Crippen molar-refractivity contribution in [2.45, 2.75) is 25.2 Å². The second-order valence-electron chi connectivity index (χ2n) is 7.04. The summed E-state index contributed by atoms with van der Waals surface area (Å²) in [6.45, 7) is 1.66. The Morgan fingerprint density at radius 1 is 1.33 bits per heavy atom. The maximum atomic E-state index is 14.1. The van der Waals surface area contributed by atoms with Gasteiger partial charge in [0.25, 0.3) is 5.91 Å². The molecule has 2 N–H and O–H groups in total. The van der Waals surface area contributed by atoms with Crippen LogP contribution in [-0.2, 0) is 17.3 Å². The SMILES string of the molecule is Cc1c(F)cccc1[C@@]1(C(=O)NO)C=C(c2ccc3cnn(C)c3c2)CC1. The zero-order valence-electron chi connectivity index (χ0n) is 15.2. The van der Waals surface area contributed by atoms with Crippen LogP contribution in [0.5, 0.6) is 0 Å². The number of aryl methyl sites for hydroxylation is 1. The Balaban J connectivity index is 1.86. The first-order valence-corrected chi connectivity index (χ1v) is 8.80. The van der Waals surface area contributed by atoms with E-state index in [4.69, 9.17) is 0 Å². The van der Waals surface area contributed by atoms with Gasteiger partial charge in [0, 0.05) is 12.4 Å². The van der Waals surface area contributed by atoms with Crippen LogP contribution in [0.2, 0.25) is 0 Å². The van der Waals surface area contributed by atoms with Gasteiger partial charge in [0.05, 0.1) is 17.1 Å². The molecule has 0 spiro atoms. The summed E-state index contributed by atoms with van der Waals surface area (Å²) >= 11 is 0. The molecule has 1 aromatic heterocycles. The van der Waals surface area contributed by atoms with Crippen LogP contribution >= 0.6 is 0 Å². The zero-order chi connectivity index (χ0) is 19.2. The van der Waals surface area contributed by atoms with Gasteiger partial charge in [-0.25, -0.2) is 9.87 Å². The first kappa shape index (κ1) is 17.4. The first-order chi connectivity index (χ1) is 13.0. The van der Waals surface area contributed by atoms with Crippen LogP contribution < -0.4 is 5.48 Å². The van der Waals surface area contributed by atoms with E-state index in [2.05, 4.69) is 5.10 Å². The number of carbonyl (C=O) groups excluding carboxylic acids is 1. The predicted octanol–water partition coefficient (Wildman–Crippen LogP) is 3.64. The number of fused-ring (bicyclic) bond motifs is 1. The van der Waals surface area contributed by atoms with Crippen LogP contribution in [0.3, 0.4) is 0 Å². The topological polar surface area (TPSA) is 67.2 Å². The van der Waals surface area contributed by atoms with Gasteiger partial charge in [0.2, 0.25) is 0 Å². The average Bonchev–Trinajstić information content (AvgIpc) is 3.28. The third kappa shape index (κ3) is 2.64. The molecule has 1 atom stereocenters. The lowest BCUT2D eigenvalue weighted by Crippen LogP contribution is -2.41. The molecule has 4 rings (SSSR count). The Bertz CT molecular complexity index is 1090. The largest absolute Gasteiger partial charge is 0.289 e. The van der Waals surface area contributed by atoms with Crippen LogP contribution in [0.25, 0.3) is 16.5 Å². The van der Waals surface area contributed by atoms with Crippen molar-refractivity contribution in [2.24, 2.45) is 7.05 Å². The van der Waals surface area contributed by atoms with Gasteiger partial charge in [-0.05, 0) is 54.2 Å². The highest BCUT2D eigenvalue weighted by molar-refractivity contribution is 5.95. The molecule has 1 aliphatic carbocycles. The minimum atomic E-state index is -1.10. The van der Waals surface area contributed by atoms with E-state index < -0.39 is 11.3 Å². The fraction of sp³-hybridized carbons (Fsp3) is 0.238. The third-order valence-corrected chi connectivity index (χ3v) is 5.58. The molecule has 138 valence electrons. The number of hydrogen-bond donors (Lipinski definition) is 2. The highest BCUT2D eigenvalue weighted by atomic mass is 19.1. The summed E-state index contributed by atoms with van der Waals surface area (Å²) in [5, 5.41) is 14.7. The molecular formula is C21H20FN3O2. The molecule has 1 aliphatic rings. The fourth-order valence-corrected chi connectivity index (χ4v) is 4.05. The van der Waals surface area contributed by atoms with E-state index in [0.717, 1.165) is 22.0 Å². The van der Waals surface area contributed by atoms with Crippen LogP contribution in [0.1, 0.15) is 29.5 Å². The summed E-state index contributed by atoms with van der Waals surface area (Å²) in [5.74, 6) is -0.913. The van der Waals surface area contributed by atoms with Gasteiger partial charge < -0.3 is 0 Å². The van der Waals surface area contributed by atoms with Gasteiger partial charge in [0.1, 0.15) is 5.82 Å². The first-order valence-electron chi connectivity index (χ1n) is 8.80. The van der Waals surface area contributed by atoms with E-state index in [0.29, 0.717) is 24.0 Å². The Morgan fingerprint density at radius 3 is 2.93 bits per heavy atom. The number of rotatable bonds is 3. The minimum Gasteiger partial charge on any atom is -0.289 e. The third-order valence-electron chi connectivity index (χ3n) is 5.58. The molecule has 0 unspecified atom stereocenters. The lowest BCUT2D eigenvalue weighted by molar-refractivity contribution is -0.133. The predicted molar refractivity (Wildman–Crippen MR) is 101 cm³/mol. The summed E-state index contributed by atoms with van der Waals surface area (Å²) in [5.41, 5.74) is 4.66. The quantitative estimate of drug-likeness (QED) is 0.550. The molecule has 0 saturated heterocycles. The van der Waals surface area contributed by atoms with Crippen molar-refractivity contribution in [3.8, 4) is 0 Å². The molecule has 5 nitrogen and oxygen atoms in total. The second-order valence-corrected chi connectivity index (χ2v) is 7.04. The number of aromatic nitrogens is 2. The van der Waals surface area contributed by atoms with Gasteiger partial charge in [0.15, 0.2) is 0 Å². The van der Waals surface area contributed by atoms with E-state index in [1.807, 2.05) is 37.5 Å². The second kappa shape index (κ2) is 6.32. The Morgan fingerprint density at radius 2 is 2.15 bits per heavy atom. The van der Waals surface area contributed by atoms with Crippen LogP contribution in [-0.4, -0.2) is 20.9 Å². The maximum absolute atomic E-state index is 14.1. The van der Waals surface area contributed by atoms with E-state index in [-0.39, 0.29) is 5.82 Å². The summed E-state index contributed by atoms with van der Waals surface area (Å²) in [7, 11) is 1.88. The molecule has 2 aromatic carbocycles. The highest BCUT2D eigenvalue weighted by Crippen LogP contribution is 2.44. The number of hydrogen-bond acceptors (Lipinski definition) is 3. The minimum absolute atomic E-state index is 0.365. The number of carbonyl (C=O) groups is 1. The lowest BCUT2D eigenvalue weighted by Gasteiger charge is -2.27. The van der Waals surface area contributed by atoms with Crippen molar-refractivity contribution in [1.29, 1.82) is 0 Å². The molecule has 0 saturated carbocycles. The Kier molecular flexibility index (Phi) is 4.08. The summed E-state index contributed by atoms with van der Waals surface area (Å²) in [6, 6.07) is 10.8. The van der Waals surface area contributed by atoms with E-state index >= 15 is 0 Å². The highest BCUT2D eigenvalue weighted by Gasteiger charge is 2.43. The van der Waals surface area contributed by atoms with Crippen LogP contribution in [0.4, 0.5) is 4.39 Å². The van der Waals surface area contributed by atoms with E-state index in [1.165, 1.54) is 6.07 Å². The van der Waals surface area contributed by atoms with E-state index in [9.17, 15) is 14.4 Å². The molecule has 27 heavy (non-hydrogen) atoms. The van der Waals surface area contributed by atoms with Crippen molar-refractivity contribution >= 4 is 22.4 Å². The zero-order valence-corrected chi connectivity index (χ0v) is 15.2. The van der Waals surface area contributed by atoms with Crippen molar-refractivity contribution in [1.82, 2.24) is 15.3 Å². The van der Waals surface area contributed by atoms with Gasteiger partial charge in [-0.1, -0.05) is 30.3 Å². The average molecular weight is 365 g/mol. The normalized spacial score (nSPS) is 19.3. The number of halogens is 1. The molecule has 0 fully saturated rings. The van der Waals surface area contributed by atoms with Crippen molar-refractivity contribution < 1.29 is 14.4 Å². The van der Waals surface area contributed by atoms with Crippen molar-refractivity contribution in [3.05, 3.63) is 71.2 Å². The summed E-state index contributed by atoms with van der Waals surface area (Å²) in [4.78, 5) is 12.7. The number of allylic oxidation sites excluding steroid dienone is 1. The molecule has 0 bridgehead atoms.